The van der Waals surface area contributed by atoms with Gasteiger partial charge in [-0.05, 0) is 32.1 Å². The molecule has 0 bridgehead atoms. The van der Waals surface area contributed by atoms with Gasteiger partial charge in [0.1, 0.15) is 5.56 Å². The molecule has 2 aromatic heterocycles. The zero-order chi connectivity index (χ0) is 26.9. The van der Waals surface area contributed by atoms with Crippen LogP contribution in [0.2, 0.25) is 5.02 Å². The first-order valence-corrected chi connectivity index (χ1v) is 13.2. The summed E-state index contributed by atoms with van der Waals surface area (Å²) in [5, 5.41) is 5.99. The molecular weight excluding hydrogens is 527 g/mol. The van der Waals surface area contributed by atoms with Crippen molar-refractivity contribution in [1.29, 1.82) is 0 Å². The summed E-state index contributed by atoms with van der Waals surface area (Å²) in [7, 11) is 0. The predicted octanol–water partition coefficient (Wildman–Crippen LogP) is 2.88. The van der Waals surface area contributed by atoms with Crippen LogP contribution in [0.1, 0.15) is 44.1 Å². The molecule has 0 aromatic carbocycles. The van der Waals surface area contributed by atoms with Crippen LogP contribution in [-0.2, 0) is 15.7 Å². The van der Waals surface area contributed by atoms with Gasteiger partial charge < -0.3 is 19.4 Å². The van der Waals surface area contributed by atoms with E-state index in [0.29, 0.717) is 75.8 Å². The number of amides is 1. The Labute approximate surface area is 222 Å². The molecule has 3 aliphatic heterocycles. The number of nitrogens with one attached hydrogen (secondary N) is 1. The lowest BCUT2D eigenvalue weighted by molar-refractivity contribution is -0.138. The fraction of sp³-hybridized carbons (Fsp3) is 0.625. The Kier molecular flexibility index (Phi) is 7.75. The molecule has 0 radical (unpaired) electrons. The number of carbonyl (C=O) groups excluding carboxylic acids is 1. The minimum Gasteiger partial charge on any atom is -0.373 e. The largest absolute Gasteiger partial charge is 0.423 e. The standard InChI is InChI=1S/C24H29ClF3N7O3/c25-15-12-29-23(30-13-15)34-10-8-33(9-11-34)20(36)6-4-16-3-5-19(38-16)17-2-1-7-35(17)18-14-31-32-22(37)21(18)24(26,27)28/h12-14,16-17,19H,1-11H2,(H,32,37)/t16-,17+,19-/m1/s1. The van der Waals surface area contributed by atoms with Crippen LogP contribution >= 0.6 is 11.6 Å². The molecule has 0 saturated carbocycles. The van der Waals surface area contributed by atoms with Gasteiger partial charge in [0, 0.05) is 39.1 Å². The van der Waals surface area contributed by atoms with Crippen molar-refractivity contribution in [2.75, 3.05) is 42.5 Å². The summed E-state index contributed by atoms with van der Waals surface area (Å²) in [5.41, 5.74) is -2.66. The van der Waals surface area contributed by atoms with Crippen molar-refractivity contribution in [1.82, 2.24) is 25.1 Å². The van der Waals surface area contributed by atoms with E-state index < -0.39 is 17.3 Å². The predicted molar refractivity (Wildman–Crippen MR) is 133 cm³/mol. The summed E-state index contributed by atoms with van der Waals surface area (Å²) in [6.45, 7) is 2.80. The number of aromatic amines is 1. The Hall–Kier alpha value is -2.93. The summed E-state index contributed by atoms with van der Waals surface area (Å²) in [4.78, 5) is 38.7. The van der Waals surface area contributed by atoms with Gasteiger partial charge in [-0.1, -0.05) is 11.6 Å². The van der Waals surface area contributed by atoms with E-state index in [2.05, 4.69) is 15.1 Å². The van der Waals surface area contributed by atoms with Crippen molar-refractivity contribution in [3.05, 3.63) is 39.5 Å². The Balaban J connectivity index is 1.13. The highest BCUT2D eigenvalue weighted by atomic mass is 35.5. The molecule has 0 spiro atoms. The van der Waals surface area contributed by atoms with Crippen LogP contribution in [0.4, 0.5) is 24.8 Å². The molecule has 3 atom stereocenters. The highest BCUT2D eigenvalue weighted by molar-refractivity contribution is 6.30. The topological polar surface area (TPSA) is 108 Å². The van der Waals surface area contributed by atoms with Crippen LogP contribution in [0.25, 0.3) is 0 Å². The third-order valence-corrected chi connectivity index (χ3v) is 7.70. The maximum atomic E-state index is 13.6. The molecule has 5 heterocycles. The average molecular weight is 556 g/mol. The van der Waals surface area contributed by atoms with E-state index in [1.54, 1.807) is 17.3 Å². The number of H-pyrrole nitrogens is 1. The number of hydrogen-bond donors (Lipinski definition) is 1. The maximum Gasteiger partial charge on any atom is 0.423 e. The molecule has 3 saturated heterocycles. The highest BCUT2D eigenvalue weighted by Crippen LogP contribution is 2.39. The van der Waals surface area contributed by atoms with Gasteiger partial charge in [-0.25, -0.2) is 15.1 Å². The van der Waals surface area contributed by atoms with E-state index in [0.717, 1.165) is 12.6 Å². The molecule has 2 aromatic rings. The Morgan fingerprint density at radius 1 is 1.08 bits per heavy atom. The minimum atomic E-state index is -4.79. The maximum absolute atomic E-state index is 13.6. The van der Waals surface area contributed by atoms with Gasteiger partial charge >= 0.3 is 6.18 Å². The van der Waals surface area contributed by atoms with Crippen LogP contribution in [0.5, 0.6) is 0 Å². The number of carbonyl (C=O) groups is 1. The molecule has 1 N–H and O–H groups in total. The van der Waals surface area contributed by atoms with Crippen molar-refractivity contribution < 1.29 is 22.7 Å². The second-order valence-corrected chi connectivity index (χ2v) is 10.3. The van der Waals surface area contributed by atoms with Gasteiger partial charge in [0.15, 0.2) is 0 Å². The number of alkyl halides is 3. The number of nitrogens with zero attached hydrogens (tertiary/aromatic N) is 6. The number of halogens is 4. The summed E-state index contributed by atoms with van der Waals surface area (Å²) < 4.78 is 47.1. The number of rotatable bonds is 6. The molecule has 0 unspecified atom stereocenters. The molecule has 10 nitrogen and oxygen atoms in total. The summed E-state index contributed by atoms with van der Waals surface area (Å²) in [6.07, 6.45) is 2.70. The summed E-state index contributed by atoms with van der Waals surface area (Å²) in [6, 6.07) is -0.274. The third kappa shape index (κ3) is 5.73. The van der Waals surface area contributed by atoms with Crippen molar-refractivity contribution in [3.63, 3.8) is 0 Å². The quantitative estimate of drug-likeness (QED) is 0.580. The lowest BCUT2D eigenvalue weighted by Crippen LogP contribution is -2.49. The van der Waals surface area contributed by atoms with Crippen LogP contribution in [0.3, 0.4) is 0 Å². The number of hydrogen-bond acceptors (Lipinski definition) is 8. The van der Waals surface area contributed by atoms with Gasteiger partial charge in [0.25, 0.3) is 5.56 Å². The molecule has 1 amide bonds. The lowest BCUT2D eigenvalue weighted by atomic mass is 10.0. The monoisotopic (exact) mass is 555 g/mol. The first-order chi connectivity index (χ1) is 18.2. The molecule has 14 heteroatoms. The second-order valence-electron chi connectivity index (χ2n) is 9.84. The number of piperazine rings is 1. The summed E-state index contributed by atoms with van der Waals surface area (Å²) in [5.74, 6) is 0.645. The first kappa shape index (κ1) is 26.7. The van der Waals surface area contributed by atoms with E-state index in [4.69, 9.17) is 16.3 Å². The molecule has 206 valence electrons. The summed E-state index contributed by atoms with van der Waals surface area (Å²) >= 11 is 5.85. The van der Waals surface area contributed by atoms with Crippen molar-refractivity contribution in [2.45, 2.75) is 63.0 Å². The number of aromatic nitrogens is 4. The van der Waals surface area contributed by atoms with Gasteiger partial charge in [0.05, 0.1) is 47.6 Å². The molecular formula is C24H29ClF3N7O3. The zero-order valence-electron chi connectivity index (χ0n) is 20.7. The van der Waals surface area contributed by atoms with E-state index in [9.17, 15) is 22.8 Å². The van der Waals surface area contributed by atoms with E-state index in [-0.39, 0.29) is 29.8 Å². The normalized spacial score (nSPS) is 24.3. The Morgan fingerprint density at radius 3 is 2.53 bits per heavy atom. The van der Waals surface area contributed by atoms with Crippen molar-refractivity contribution >= 4 is 29.1 Å². The molecule has 38 heavy (non-hydrogen) atoms. The van der Waals surface area contributed by atoms with E-state index in [1.807, 2.05) is 14.9 Å². The van der Waals surface area contributed by atoms with Gasteiger partial charge in [-0.15, -0.1) is 0 Å². The molecule has 3 fully saturated rings. The first-order valence-electron chi connectivity index (χ1n) is 12.8. The van der Waals surface area contributed by atoms with Gasteiger partial charge in [-0.2, -0.15) is 18.3 Å². The molecule has 0 aliphatic carbocycles. The Morgan fingerprint density at radius 2 is 1.82 bits per heavy atom. The van der Waals surface area contributed by atoms with Gasteiger partial charge in [-0.3, -0.25) is 9.59 Å². The van der Waals surface area contributed by atoms with Crippen molar-refractivity contribution in [2.24, 2.45) is 0 Å². The van der Waals surface area contributed by atoms with Crippen LogP contribution in [0.15, 0.2) is 23.4 Å². The Bertz CT molecular complexity index is 1190. The number of anilines is 2. The lowest BCUT2D eigenvalue weighted by Gasteiger charge is -2.35. The van der Waals surface area contributed by atoms with Crippen LogP contribution in [0, 0.1) is 0 Å². The average Bonchev–Trinajstić information content (AvgIpc) is 3.57. The smallest absolute Gasteiger partial charge is 0.373 e. The second kappa shape index (κ2) is 11.0. The fourth-order valence-electron chi connectivity index (χ4n) is 5.65. The van der Waals surface area contributed by atoms with Crippen LogP contribution < -0.4 is 15.4 Å². The molecule has 3 aliphatic rings. The van der Waals surface area contributed by atoms with E-state index >= 15 is 0 Å². The highest BCUT2D eigenvalue weighted by Gasteiger charge is 2.43. The minimum absolute atomic E-state index is 0.0561. The van der Waals surface area contributed by atoms with Crippen molar-refractivity contribution in [3.8, 4) is 0 Å². The van der Waals surface area contributed by atoms with Crippen LogP contribution in [-0.4, -0.2) is 81.9 Å². The SMILES string of the molecule is O=C(CC[C@H]1CC[C@H]([C@@H]2CCCN2c2cn[nH]c(=O)c2C(F)(F)F)O1)N1CCN(c2ncc(Cl)cn2)CC1. The third-order valence-electron chi connectivity index (χ3n) is 7.50. The van der Waals surface area contributed by atoms with E-state index in [1.165, 1.54) is 0 Å². The fourth-order valence-corrected chi connectivity index (χ4v) is 5.75. The van der Waals surface area contributed by atoms with Gasteiger partial charge in [0.2, 0.25) is 11.9 Å². The molecule has 5 rings (SSSR count). The zero-order valence-corrected chi connectivity index (χ0v) is 21.4. The number of ether oxygens (including phenoxy) is 1.